The van der Waals surface area contributed by atoms with Gasteiger partial charge in [-0.3, -0.25) is 10.2 Å². The first-order chi connectivity index (χ1) is 15.2. The SMILES string of the molecule is Cl.O=C(Nc1ccc(Cl)cc1)OC(CN1CCC[C@H](COc2ccc(F)cc2)C1)C(F)(F)F. The zero-order valence-corrected chi connectivity index (χ0v) is 19.1. The van der Waals surface area contributed by atoms with Crippen molar-refractivity contribution in [1.29, 1.82) is 0 Å². The normalized spacial score (nSPS) is 17.5. The third-order valence-electron chi connectivity index (χ3n) is 5.03. The van der Waals surface area contributed by atoms with Crippen molar-refractivity contribution in [3.8, 4) is 5.75 Å². The Kier molecular flexibility index (Phi) is 10.1. The molecule has 2 aromatic carbocycles. The number of piperidine rings is 1. The van der Waals surface area contributed by atoms with E-state index in [1.807, 2.05) is 0 Å². The van der Waals surface area contributed by atoms with Crippen molar-refractivity contribution in [2.24, 2.45) is 5.92 Å². The van der Waals surface area contributed by atoms with Gasteiger partial charge in [0.15, 0.2) is 0 Å². The van der Waals surface area contributed by atoms with E-state index in [0.717, 1.165) is 6.42 Å². The first kappa shape index (κ1) is 27.0. The number of alkyl halides is 3. The highest BCUT2D eigenvalue weighted by Gasteiger charge is 2.44. The summed E-state index contributed by atoms with van der Waals surface area (Å²) in [5.74, 6) is 0.129. The zero-order valence-electron chi connectivity index (χ0n) is 17.5. The molecule has 0 spiro atoms. The van der Waals surface area contributed by atoms with Gasteiger partial charge in [0.25, 0.3) is 0 Å². The molecule has 3 rings (SSSR count). The Balaban J connectivity index is 0.00000385. The third-order valence-corrected chi connectivity index (χ3v) is 5.28. The maximum absolute atomic E-state index is 13.5. The van der Waals surface area contributed by atoms with Gasteiger partial charge in [-0.25, -0.2) is 9.18 Å². The molecule has 1 unspecified atom stereocenters. The number of hydrogen-bond acceptors (Lipinski definition) is 4. The van der Waals surface area contributed by atoms with Crippen LogP contribution in [0.5, 0.6) is 5.75 Å². The van der Waals surface area contributed by atoms with E-state index in [2.05, 4.69) is 5.32 Å². The Morgan fingerprint density at radius 2 is 1.82 bits per heavy atom. The molecule has 2 atom stereocenters. The molecule has 1 aliphatic rings. The van der Waals surface area contributed by atoms with Crippen LogP contribution in [0.25, 0.3) is 0 Å². The Hall–Kier alpha value is -2.23. The van der Waals surface area contributed by atoms with E-state index in [1.165, 1.54) is 48.5 Å². The van der Waals surface area contributed by atoms with Crippen LogP contribution >= 0.6 is 24.0 Å². The van der Waals surface area contributed by atoms with E-state index >= 15 is 0 Å². The van der Waals surface area contributed by atoms with Gasteiger partial charge >= 0.3 is 12.3 Å². The predicted molar refractivity (Wildman–Crippen MR) is 120 cm³/mol. The third kappa shape index (κ3) is 8.91. The van der Waals surface area contributed by atoms with Crippen LogP contribution in [0.4, 0.5) is 28.0 Å². The van der Waals surface area contributed by atoms with Gasteiger partial charge in [0, 0.05) is 29.7 Å². The second kappa shape index (κ2) is 12.3. The van der Waals surface area contributed by atoms with Gasteiger partial charge in [0.2, 0.25) is 6.10 Å². The molecule has 1 aliphatic heterocycles. The van der Waals surface area contributed by atoms with Gasteiger partial charge in [-0.1, -0.05) is 11.6 Å². The van der Waals surface area contributed by atoms with Crippen LogP contribution in [0, 0.1) is 11.7 Å². The van der Waals surface area contributed by atoms with Crippen molar-refractivity contribution >= 4 is 35.8 Å². The standard InChI is InChI=1S/C22H23ClF4N2O3.ClH/c23-16-3-7-18(8-4-16)28-21(30)32-20(22(25,26)27)13-29-11-1-2-15(12-29)14-31-19-9-5-17(24)6-10-19;/h3-10,15,20H,1-2,11-14H2,(H,28,30);1H/t15-,20?;/m0./s1. The van der Waals surface area contributed by atoms with Gasteiger partial charge in [0.1, 0.15) is 11.6 Å². The molecule has 182 valence electrons. The van der Waals surface area contributed by atoms with Crippen LogP contribution in [0.15, 0.2) is 48.5 Å². The summed E-state index contributed by atoms with van der Waals surface area (Å²) in [6.07, 6.45) is -6.69. The number of nitrogens with zero attached hydrogens (tertiary/aromatic N) is 1. The van der Waals surface area contributed by atoms with Gasteiger partial charge in [-0.05, 0) is 67.9 Å². The van der Waals surface area contributed by atoms with Crippen LogP contribution in [0.1, 0.15) is 12.8 Å². The van der Waals surface area contributed by atoms with Crippen molar-refractivity contribution in [1.82, 2.24) is 4.90 Å². The molecule has 33 heavy (non-hydrogen) atoms. The summed E-state index contributed by atoms with van der Waals surface area (Å²) in [6, 6.07) is 11.5. The number of rotatable bonds is 7. The maximum Gasteiger partial charge on any atom is 0.426 e. The number of halogens is 6. The number of nitrogens with one attached hydrogen (secondary N) is 1. The molecular weight excluding hydrogens is 487 g/mol. The summed E-state index contributed by atoms with van der Waals surface area (Å²) in [7, 11) is 0. The molecule has 0 bridgehead atoms. The van der Waals surface area contributed by atoms with Crippen LogP contribution in [-0.2, 0) is 4.74 Å². The topological polar surface area (TPSA) is 50.8 Å². The second-order valence-corrected chi connectivity index (χ2v) is 8.04. The number of anilines is 1. The van der Waals surface area contributed by atoms with Crippen LogP contribution < -0.4 is 10.1 Å². The second-order valence-electron chi connectivity index (χ2n) is 7.60. The minimum atomic E-state index is -4.71. The lowest BCUT2D eigenvalue weighted by Gasteiger charge is -2.35. The fourth-order valence-corrected chi connectivity index (χ4v) is 3.58. The fraction of sp³-hybridized carbons (Fsp3) is 0.409. The average Bonchev–Trinajstić information content (AvgIpc) is 2.74. The van der Waals surface area contributed by atoms with Gasteiger partial charge in [0.05, 0.1) is 6.61 Å². The smallest absolute Gasteiger partial charge is 0.426 e. The molecule has 0 radical (unpaired) electrons. The van der Waals surface area contributed by atoms with Crippen molar-refractivity contribution in [3.05, 3.63) is 59.4 Å². The van der Waals surface area contributed by atoms with Gasteiger partial charge < -0.3 is 9.47 Å². The van der Waals surface area contributed by atoms with E-state index in [9.17, 15) is 22.4 Å². The van der Waals surface area contributed by atoms with Gasteiger partial charge in [-0.15, -0.1) is 12.4 Å². The number of benzene rings is 2. The summed E-state index contributed by atoms with van der Waals surface area (Å²) in [4.78, 5) is 13.6. The maximum atomic E-state index is 13.5. The van der Waals surface area contributed by atoms with Crippen LogP contribution in [0.2, 0.25) is 5.02 Å². The van der Waals surface area contributed by atoms with Crippen LogP contribution in [0.3, 0.4) is 0 Å². The fourth-order valence-electron chi connectivity index (χ4n) is 3.45. The minimum absolute atomic E-state index is 0. The van der Waals surface area contributed by atoms with E-state index in [0.29, 0.717) is 36.9 Å². The molecule has 1 N–H and O–H groups in total. The molecule has 11 heteroatoms. The largest absolute Gasteiger partial charge is 0.493 e. The molecule has 2 aromatic rings. The molecular formula is C22H24Cl2F4N2O3. The highest BCUT2D eigenvalue weighted by Crippen LogP contribution is 2.27. The lowest BCUT2D eigenvalue weighted by Crippen LogP contribution is -2.48. The summed E-state index contributed by atoms with van der Waals surface area (Å²) < 4.78 is 63.9. The summed E-state index contributed by atoms with van der Waals surface area (Å²) >= 11 is 5.75. The summed E-state index contributed by atoms with van der Waals surface area (Å²) in [5.41, 5.74) is 0.274. The highest BCUT2D eigenvalue weighted by atomic mass is 35.5. The van der Waals surface area contributed by atoms with Crippen molar-refractivity contribution < 1.29 is 31.8 Å². The lowest BCUT2D eigenvalue weighted by molar-refractivity contribution is -0.207. The van der Waals surface area contributed by atoms with Crippen LogP contribution in [-0.4, -0.2) is 49.5 Å². The predicted octanol–water partition coefficient (Wildman–Crippen LogP) is 6.17. The Morgan fingerprint density at radius 1 is 1.15 bits per heavy atom. The number of amides is 1. The first-order valence-electron chi connectivity index (χ1n) is 10.1. The summed E-state index contributed by atoms with van der Waals surface area (Å²) in [6.45, 7) is 0.666. The van der Waals surface area contributed by atoms with E-state index in [4.69, 9.17) is 21.1 Å². The molecule has 1 fully saturated rings. The summed E-state index contributed by atoms with van der Waals surface area (Å²) in [5, 5.41) is 2.71. The molecule has 1 saturated heterocycles. The quantitative estimate of drug-likeness (QED) is 0.452. The number of likely N-dealkylation sites (tertiary alicyclic amines) is 1. The Labute approximate surface area is 200 Å². The molecule has 0 aromatic heterocycles. The van der Waals surface area contributed by atoms with Crippen molar-refractivity contribution in [2.45, 2.75) is 25.1 Å². The van der Waals surface area contributed by atoms with Crippen molar-refractivity contribution in [2.75, 3.05) is 31.6 Å². The van der Waals surface area contributed by atoms with Gasteiger partial charge in [-0.2, -0.15) is 13.2 Å². The molecule has 1 heterocycles. The molecule has 0 saturated carbocycles. The lowest BCUT2D eigenvalue weighted by atomic mass is 9.98. The van der Waals surface area contributed by atoms with Crippen molar-refractivity contribution in [3.63, 3.8) is 0 Å². The number of carbonyl (C=O) groups is 1. The number of hydrogen-bond donors (Lipinski definition) is 1. The zero-order chi connectivity index (χ0) is 23.1. The number of ether oxygens (including phenoxy) is 2. The average molecular weight is 511 g/mol. The van der Waals surface area contributed by atoms with E-state index in [-0.39, 0.29) is 29.8 Å². The molecule has 1 amide bonds. The van der Waals surface area contributed by atoms with E-state index < -0.39 is 24.9 Å². The molecule has 5 nitrogen and oxygen atoms in total. The molecule has 0 aliphatic carbocycles. The first-order valence-corrected chi connectivity index (χ1v) is 10.5. The Bertz CT molecular complexity index is 883. The monoisotopic (exact) mass is 510 g/mol. The van der Waals surface area contributed by atoms with E-state index in [1.54, 1.807) is 4.90 Å². The Morgan fingerprint density at radius 3 is 2.45 bits per heavy atom. The minimum Gasteiger partial charge on any atom is -0.493 e. The highest BCUT2D eigenvalue weighted by molar-refractivity contribution is 6.30. The number of carbonyl (C=O) groups excluding carboxylic acids is 1.